The number of alkyl halides is 3. The lowest BCUT2D eigenvalue weighted by Crippen LogP contribution is -2.05. The minimum atomic E-state index is -4.41. The molecule has 0 atom stereocenters. The first-order valence-corrected chi connectivity index (χ1v) is 4.57. The van der Waals surface area contributed by atoms with E-state index in [1.165, 1.54) is 0 Å². The van der Waals surface area contributed by atoms with Gasteiger partial charge in [0.25, 0.3) is 5.89 Å². The number of nitrogens with two attached hydrogens (primary N) is 1. The van der Waals surface area contributed by atoms with Crippen LogP contribution in [0.5, 0.6) is 0 Å². The van der Waals surface area contributed by atoms with E-state index in [4.69, 9.17) is 10.3 Å². The molecular weight excluding hydrogens is 237 g/mol. The zero-order valence-electron chi connectivity index (χ0n) is 8.40. The summed E-state index contributed by atoms with van der Waals surface area (Å²) in [5, 5.41) is 3.51. The van der Waals surface area contributed by atoms with Crippen molar-refractivity contribution in [1.82, 2.24) is 15.1 Å². The van der Waals surface area contributed by atoms with Gasteiger partial charge in [0.15, 0.2) is 5.82 Å². The van der Waals surface area contributed by atoms with Crippen LogP contribution >= 0.6 is 0 Å². The summed E-state index contributed by atoms with van der Waals surface area (Å²) in [5.74, 6) is 0.306. The molecule has 5 nitrogen and oxygen atoms in total. The predicted octanol–water partition coefficient (Wildman–Crippen LogP) is 1.61. The van der Waals surface area contributed by atoms with E-state index in [1.807, 2.05) is 0 Å². The fourth-order valence-electron chi connectivity index (χ4n) is 1.13. The van der Waals surface area contributed by atoms with Crippen molar-refractivity contribution < 1.29 is 17.7 Å². The zero-order valence-corrected chi connectivity index (χ0v) is 8.40. The first kappa shape index (κ1) is 11.5. The Balaban J connectivity index is 2.29. The minimum Gasteiger partial charge on any atom is -0.332 e. The molecule has 0 amide bonds. The van der Waals surface area contributed by atoms with Gasteiger partial charge < -0.3 is 10.3 Å². The van der Waals surface area contributed by atoms with Crippen molar-refractivity contribution >= 4 is 0 Å². The van der Waals surface area contributed by atoms with Crippen LogP contribution in [0.15, 0.2) is 22.9 Å². The van der Waals surface area contributed by atoms with E-state index in [9.17, 15) is 13.2 Å². The molecular formula is C9H7F3N4O. The Labute approximate surface area is 93.5 Å². The first-order chi connectivity index (χ1) is 8.00. The molecule has 2 rings (SSSR count). The maximum atomic E-state index is 12.3. The molecule has 0 aliphatic carbocycles. The Hall–Kier alpha value is -1.96. The molecule has 0 bridgehead atoms. The molecule has 90 valence electrons. The second-order valence-corrected chi connectivity index (χ2v) is 3.15. The van der Waals surface area contributed by atoms with Crippen LogP contribution in [0.25, 0.3) is 11.6 Å². The number of nitrogens with zero attached hydrogens (tertiary/aromatic N) is 3. The second-order valence-electron chi connectivity index (χ2n) is 3.15. The standard InChI is InChI=1S/C9H7F3N4O/c10-9(11,12)5-1-2-6(14-4-5)8-15-7(3-13)16-17-8/h1-2,4H,3,13H2. The van der Waals surface area contributed by atoms with Crippen LogP contribution in [0, 0.1) is 0 Å². The second kappa shape index (κ2) is 4.13. The Bertz CT molecular complexity index is 506. The molecule has 0 fully saturated rings. The van der Waals surface area contributed by atoms with Crippen LogP contribution in [0.2, 0.25) is 0 Å². The van der Waals surface area contributed by atoms with Gasteiger partial charge in [-0.05, 0) is 12.1 Å². The van der Waals surface area contributed by atoms with Crippen molar-refractivity contribution in [2.24, 2.45) is 5.73 Å². The molecule has 0 radical (unpaired) electrons. The summed E-state index contributed by atoms with van der Waals surface area (Å²) < 4.78 is 41.6. The monoisotopic (exact) mass is 244 g/mol. The summed E-state index contributed by atoms with van der Waals surface area (Å²) in [6.45, 7) is 0.0874. The smallest absolute Gasteiger partial charge is 0.332 e. The Morgan fingerprint density at radius 1 is 1.29 bits per heavy atom. The van der Waals surface area contributed by atoms with Gasteiger partial charge in [0.2, 0.25) is 0 Å². The first-order valence-electron chi connectivity index (χ1n) is 4.57. The number of hydrogen-bond donors (Lipinski definition) is 1. The molecule has 0 saturated carbocycles. The molecule has 8 heteroatoms. The highest BCUT2D eigenvalue weighted by Gasteiger charge is 2.30. The molecule has 0 aromatic carbocycles. The third-order valence-electron chi connectivity index (χ3n) is 1.96. The van der Waals surface area contributed by atoms with Crippen molar-refractivity contribution in [1.29, 1.82) is 0 Å². The average Bonchev–Trinajstić information content (AvgIpc) is 2.76. The minimum absolute atomic E-state index is 0.0409. The van der Waals surface area contributed by atoms with E-state index in [1.54, 1.807) is 0 Å². The summed E-state index contributed by atoms with van der Waals surface area (Å²) in [4.78, 5) is 7.45. The van der Waals surface area contributed by atoms with Crippen molar-refractivity contribution in [3.8, 4) is 11.6 Å². The van der Waals surface area contributed by atoms with E-state index in [2.05, 4.69) is 15.1 Å². The van der Waals surface area contributed by atoms with Gasteiger partial charge in [-0.3, -0.25) is 4.98 Å². The van der Waals surface area contributed by atoms with Crippen LogP contribution < -0.4 is 5.73 Å². The highest BCUT2D eigenvalue weighted by atomic mass is 19.4. The summed E-state index contributed by atoms with van der Waals surface area (Å²) in [6.07, 6.45) is -3.70. The number of pyridine rings is 1. The van der Waals surface area contributed by atoms with E-state index >= 15 is 0 Å². The van der Waals surface area contributed by atoms with Crippen molar-refractivity contribution in [2.75, 3.05) is 0 Å². The fourth-order valence-corrected chi connectivity index (χ4v) is 1.13. The fraction of sp³-hybridized carbons (Fsp3) is 0.222. The number of rotatable bonds is 2. The topological polar surface area (TPSA) is 77.8 Å². The summed E-state index contributed by atoms with van der Waals surface area (Å²) in [5.41, 5.74) is 4.61. The SMILES string of the molecule is NCc1noc(-c2ccc(C(F)(F)F)cn2)n1. The lowest BCUT2D eigenvalue weighted by Gasteiger charge is -2.04. The molecule has 2 aromatic rings. The van der Waals surface area contributed by atoms with Gasteiger partial charge in [-0.1, -0.05) is 5.16 Å². The maximum absolute atomic E-state index is 12.3. The zero-order chi connectivity index (χ0) is 12.5. The largest absolute Gasteiger partial charge is 0.417 e. The quantitative estimate of drug-likeness (QED) is 0.868. The summed E-state index contributed by atoms with van der Waals surface area (Å²) >= 11 is 0. The van der Waals surface area contributed by atoms with E-state index in [-0.39, 0.29) is 24.0 Å². The number of halogens is 3. The lowest BCUT2D eigenvalue weighted by molar-refractivity contribution is -0.137. The molecule has 2 aromatic heterocycles. The molecule has 0 aliphatic rings. The van der Waals surface area contributed by atoms with E-state index < -0.39 is 11.7 Å². The van der Waals surface area contributed by atoms with Crippen LogP contribution in [0.3, 0.4) is 0 Å². The molecule has 0 aliphatic heterocycles. The van der Waals surface area contributed by atoms with Gasteiger partial charge in [0.1, 0.15) is 5.69 Å². The number of hydrogen-bond acceptors (Lipinski definition) is 5. The number of aromatic nitrogens is 3. The van der Waals surface area contributed by atoms with Crippen molar-refractivity contribution in [3.05, 3.63) is 29.7 Å². The van der Waals surface area contributed by atoms with Gasteiger partial charge in [-0.15, -0.1) is 0 Å². The third kappa shape index (κ3) is 2.41. The molecule has 2 N–H and O–H groups in total. The van der Waals surface area contributed by atoms with Gasteiger partial charge in [0.05, 0.1) is 12.1 Å². The Morgan fingerprint density at radius 3 is 2.53 bits per heavy atom. The van der Waals surface area contributed by atoms with E-state index in [0.29, 0.717) is 6.20 Å². The van der Waals surface area contributed by atoms with Gasteiger partial charge in [-0.25, -0.2) is 0 Å². The van der Waals surface area contributed by atoms with Crippen LogP contribution in [0.1, 0.15) is 11.4 Å². The molecule has 2 heterocycles. The highest BCUT2D eigenvalue weighted by Crippen LogP contribution is 2.29. The Kier molecular flexibility index (Phi) is 2.80. The Morgan fingerprint density at radius 2 is 2.06 bits per heavy atom. The molecule has 0 saturated heterocycles. The van der Waals surface area contributed by atoms with Gasteiger partial charge in [-0.2, -0.15) is 18.2 Å². The summed E-state index contributed by atoms with van der Waals surface area (Å²) in [7, 11) is 0. The normalized spacial score (nSPS) is 11.8. The van der Waals surface area contributed by atoms with Gasteiger partial charge >= 0.3 is 6.18 Å². The summed E-state index contributed by atoms with van der Waals surface area (Å²) in [6, 6.07) is 2.06. The average molecular weight is 244 g/mol. The van der Waals surface area contributed by atoms with Crippen molar-refractivity contribution in [2.45, 2.75) is 12.7 Å². The van der Waals surface area contributed by atoms with Gasteiger partial charge in [0, 0.05) is 6.20 Å². The van der Waals surface area contributed by atoms with Crippen LogP contribution in [-0.4, -0.2) is 15.1 Å². The van der Waals surface area contributed by atoms with Crippen LogP contribution in [0.4, 0.5) is 13.2 Å². The molecule has 0 spiro atoms. The maximum Gasteiger partial charge on any atom is 0.417 e. The van der Waals surface area contributed by atoms with E-state index in [0.717, 1.165) is 12.1 Å². The third-order valence-corrected chi connectivity index (χ3v) is 1.96. The molecule has 0 unspecified atom stereocenters. The lowest BCUT2D eigenvalue weighted by atomic mass is 10.2. The molecule has 17 heavy (non-hydrogen) atoms. The highest BCUT2D eigenvalue weighted by molar-refractivity contribution is 5.46. The van der Waals surface area contributed by atoms with Crippen molar-refractivity contribution in [3.63, 3.8) is 0 Å². The predicted molar refractivity (Wildman–Crippen MR) is 50.4 cm³/mol. The van der Waals surface area contributed by atoms with Crippen LogP contribution in [-0.2, 0) is 12.7 Å².